The number of benzene rings is 2. The van der Waals surface area contributed by atoms with Crippen LogP contribution in [-0.2, 0) is 4.79 Å². The van der Waals surface area contributed by atoms with Crippen molar-refractivity contribution in [2.45, 2.75) is 19.9 Å². The summed E-state index contributed by atoms with van der Waals surface area (Å²) in [6, 6.07) is 1.65. The number of rotatable bonds is 4. The van der Waals surface area contributed by atoms with E-state index in [1.165, 1.54) is 0 Å². The first kappa shape index (κ1) is 21.1. The van der Waals surface area contributed by atoms with Gasteiger partial charge in [0.2, 0.25) is 5.78 Å². The van der Waals surface area contributed by atoms with Crippen molar-refractivity contribution < 1.29 is 39.6 Å². The first-order valence-electron chi connectivity index (χ1n) is 8.70. The molecule has 0 heterocycles. The normalized spacial score (nSPS) is 13.6. The molecule has 1 amide bonds. The van der Waals surface area contributed by atoms with Gasteiger partial charge in [-0.3, -0.25) is 14.4 Å². The van der Waals surface area contributed by atoms with Crippen molar-refractivity contribution in [1.29, 1.82) is 0 Å². The maximum atomic E-state index is 12.9. The van der Waals surface area contributed by atoms with Crippen molar-refractivity contribution in [3.63, 3.8) is 0 Å². The van der Waals surface area contributed by atoms with Crippen molar-refractivity contribution in [1.82, 2.24) is 5.32 Å². The van der Waals surface area contributed by atoms with Crippen LogP contribution < -0.4 is 5.32 Å². The fourth-order valence-electron chi connectivity index (χ4n) is 3.22. The Morgan fingerprint density at radius 3 is 2.10 bits per heavy atom. The topological polar surface area (TPSA) is 161 Å². The molecule has 0 spiro atoms. The van der Waals surface area contributed by atoms with E-state index in [9.17, 15) is 39.6 Å². The van der Waals surface area contributed by atoms with E-state index in [0.29, 0.717) is 0 Å². The van der Waals surface area contributed by atoms with Gasteiger partial charge in [-0.05, 0) is 24.1 Å². The van der Waals surface area contributed by atoms with E-state index in [0.717, 1.165) is 18.2 Å². The summed E-state index contributed by atoms with van der Waals surface area (Å²) in [4.78, 5) is 49.5. The molecule has 0 fully saturated rings. The van der Waals surface area contributed by atoms with Crippen LogP contribution in [0.5, 0.6) is 17.2 Å². The molecule has 2 aromatic carbocycles. The highest BCUT2D eigenvalue weighted by Crippen LogP contribution is 2.43. The van der Waals surface area contributed by atoms with Gasteiger partial charge in [0.1, 0.15) is 28.3 Å². The zero-order valence-corrected chi connectivity index (χ0v) is 16.4. The molecule has 0 radical (unpaired) electrons. The third-order valence-corrected chi connectivity index (χ3v) is 5.14. The molecule has 9 nitrogen and oxygen atoms in total. The molecule has 1 aliphatic carbocycles. The number of carboxylic acids is 1. The lowest BCUT2D eigenvalue weighted by molar-refractivity contribution is -0.140. The lowest BCUT2D eigenvalue weighted by atomic mass is 9.82. The Hall–Kier alpha value is -3.59. The van der Waals surface area contributed by atoms with Crippen molar-refractivity contribution in [3.05, 3.63) is 51.0 Å². The zero-order chi connectivity index (χ0) is 22.5. The van der Waals surface area contributed by atoms with E-state index in [-0.39, 0.29) is 16.7 Å². The molecule has 10 heteroatoms. The predicted octanol–water partition coefficient (Wildman–Crippen LogP) is 2.07. The van der Waals surface area contributed by atoms with E-state index in [1.54, 1.807) is 13.8 Å². The molecule has 1 atom stereocenters. The number of phenolic OH excluding ortho intramolecular Hbond substituents is 3. The Balaban J connectivity index is 2.11. The number of nitrogens with one attached hydrogen (secondary N) is 1. The molecule has 5 N–H and O–H groups in total. The number of carboxylic acid groups (broad SMARTS) is 1. The molecular formula is C20H16ClNO8. The summed E-state index contributed by atoms with van der Waals surface area (Å²) in [7, 11) is 0. The van der Waals surface area contributed by atoms with Gasteiger partial charge >= 0.3 is 5.97 Å². The lowest BCUT2D eigenvalue weighted by Crippen LogP contribution is -2.44. The van der Waals surface area contributed by atoms with Gasteiger partial charge in [-0.2, -0.15) is 0 Å². The highest BCUT2D eigenvalue weighted by atomic mass is 35.5. The number of amides is 1. The van der Waals surface area contributed by atoms with Crippen LogP contribution in [0.3, 0.4) is 0 Å². The fraction of sp³-hybridized carbons (Fsp3) is 0.200. The van der Waals surface area contributed by atoms with Crippen LogP contribution in [-0.4, -0.2) is 49.9 Å². The van der Waals surface area contributed by atoms with Gasteiger partial charge < -0.3 is 25.7 Å². The van der Waals surface area contributed by atoms with Crippen LogP contribution in [0.4, 0.5) is 0 Å². The Morgan fingerprint density at radius 2 is 1.53 bits per heavy atom. The van der Waals surface area contributed by atoms with E-state index >= 15 is 0 Å². The molecule has 0 aromatic heterocycles. The van der Waals surface area contributed by atoms with Crippen molar-refractivity contribution in [2.75, 3.05) is 0 Å². The highest BCUT2D eigenvalue weighted by Gasteiger charge is 2.37. The lowest BCUT2D eigenvalue weighted by Gasteiger charge is -2.22. The number of carbonyl (C=O) groups excluding carboxylic acids is 3. The summed E-state index contributed by atoms with van der Waals surface area (Å²) in [6.45, 7) is 3.18. The Kier molecular flexibility index (Phi) is 5.17. The van der Waals surface area contributed by atoms with Gasteiger partial charge in [0, 0.05) is 16.7 Å². The number of fused-ring (bicyclic) bond motifs is 2. The minimum Gasteiger partial charge on any atom is -0.507 e. The quantitative estimate of drug-likeness (QED) is 0.417. The number of carbonyl (C=O) groups is 4. The van der Waals surface area contributed by atoms with Crippen molar-refractivity contribution >= 4 is 35.0 Å². The maximum Gasteiger partial charge on any atom is 0.326 e. The molecule has 2 aromatic rings. The van der Waals surface area contributed by atoms with Crippen molar-refractivity contribution in [2.24, 2.45) is 5.92 Å². The van der Waals surface area contributed by atoms with Crippen LogP contribution >= 0.6 is 11.6 Å². The third kappa shape index (κ3) is 3.22. The van der Waals surface area contributed by atoms with Gasteiger partial charge in [-0.15, -0.1) is 0 Å². The smallest absolute Gasteiger partial charge is 0.326 e. The Bertz CT molecular complexity index is 1140. The molecule has 0 bridgehead atoms. The van der Waals surface area contributed by atoms with Crippen LogP contribution in [0.2, 0.25) is 5.02 Å². The van der Waals surface area contributed by atoms with Crippen LogP contribution in [0, 0.1) is 5.92 Å². The number of ketones is 2. The largest absolute Gasteiger partial charge is 0.507 e. The van der Waals surface area contributed by atoms with Gasteiger partial charge in [0.25, 0.3) is 5.91 Å². The molecule has 0 saturated carbocycles. The monoisotopic (exact) mass is 433 g/mol. The fourth-order valence-corrected chi connectivity index (χ4v) is 3.37. The number of hydrogen-bond donors (Lipinski definition) is 5. The first-order valence-corrected chi connectivity index (χ1v) is 9.08. The predicted molar refractivity (Wildman–Crippen MR) is 103 cm³/mol. The number of halogens is 1. The van der Waals surface area contributed by atoms with E-state index in [4.69, 9.17) is 11.6 Å². The number of aromatic hydroxyl groups is 3. The third-order valence-electron chi connectivity index (χ3n) is 4.76. The average Bonchev–Trinajstić information content (AvgIpc) is 2.66. The second-order valence-corrected chi connectivity index (χ2v) is 7.47. The SMILES string of the molecule is CC(C)C(NC(=O)c1cc(O)c2c(c1)C(=O)c1cc(O)c(Cl)c(O)c1C2=O)C(=O)O. The average molecular weight is 434 g/mol. The molecule has 1 unspecified atom stereocenters. The number of hydrogen-bond acceptors (Lipinski definition) is 7. The van der Waals surface area contributed by atoms with E-state index in [2.05, 4.69) is 5.32 Å². The van der Waals surface area contributed by atoms with Crippen LogP contribution in [0.15, 0.2) is 18.2 Å². The molecule has 3 rings (SSSR count). The Labute approximate surface area is 174 Å². The summed E-state index contributed by atoms with van der Waals surface area (Å²) in [5, 5.41) is 41.2. The van der Waals surface area contributed by atoms with Gasteiger partial charge in [-0.1, -0.05) is 25.4 Å². The minimum absolute atomic E-state index is 0.245. The van der Waals surface area contributed by atoms with E-state index < -0.39 is 68.8 Å². The first-order chi connectivity index (χ1) is 14.0. The maximum absolute atomic E-state index is 12.9. The zero-order valence-electron chi connectivity index (χ0n) is 15.7. The second-order valence-electron chi connectivity index (χ2n) is 7.09. The summed E-state index contributed by atoms with van der Waals surface area (Å²) in [5.74, 6) is -6.48. The minimum atomic E-state index is -1.26. The second kappa shape index (κ2) is 7.34. The summed E-state index contributed by atoms with van der Waals surface area (Å²) in [6.07, 6.45) is 0. The van der Waals surface area contributed by atoms with E-state index in [1.807, 2.05) is 0 Å². The molecule has 0 aliphatic heterocycles. The summed E-state index contributed by atoms with van der Waals surface area (Å²) >= 11 is 5.73. The highest BCUT2D eigenvalue weighted by molar-refractivity contribution is 6.37. The van der Waals surface area contributed by atoms with Gasteiger partial charge in [-0.25, -0.2) is 4.79 Å². The molecular weight excluding hydrogens is 418 g/mol. The molecule has 30 heavy (non-hydrogen) atoms. The summed E-state index contributed by atoms with van der Waals surface area (Å²) in [5.41, 5.74) is -1.86. The number of phenols is 3. The van der Waals surface area contributed by atoms with Gasteiger partial charge in [0.05, 0.1) is 11.1 Å². The Morgan fingerprint density at radius 1 is 0.933 bits per heavy atom. The van der Waals surface area contributed by atoms with Gasteiger partial charge in [0.15, 0.2) is 5.78 Å². The van der Waals surface area contributed by atoms with Crippen molar-refractivity contribution in [3.8, 4) is 17.2 Å². The summed E-state index contributed by atoms with van der Waals surface area (Å²) < 4.78 is 0. The molecule has 156 valence electrons. The van der Waals surface area contributed by atoms with Crippen LogP contribution in [0.1, 0.15) is 56.0 Å². The number of aliphatic carboxylic acids is 1. The van der Waals surface area contributed by atoms with Crippen LogP contribution in [0.25, 0.3) is 0 Å². The molecule has 0 saturated heterocycles. The standard InChI is InChI=1S/C20H16ClNO8/c1-6(2)15(20(29)30)22-19(28)7-3-8-12(10(23)4-7)17(26)13-9(16(8)25)5-11(24)14(21)18(13)27/h3-6,15,23-24,27H,1-2H3,(H,22,28)(H,29,30). The molecule has 1 aliphatic rings.